The van der Waals surface area contributed by atoms with Crippen molar-refractivity contribution in [1.82, 2.24) is 4.98 Å². The highest BCUT2D eigenvalue weighted by atomic mass is 16.2. The summed E-state index contributed by atoms with van der Waals surface area (Å²) in [6, 6.07) is 6.44. The van der Waals surface area contributed by atoms with Crippen LogP contribution in [0.25, 0.3) is 10.9 Å². The zero-order valence-electron chi connectivity index (χ0n) is 17.8. The maximum atomic E-state index is 12.7. The second-order valence-electron chi connectivity index (χ2n) is 9.03. The lowest BCUT2D eigenvalue weighted by Gasteiger charge is -2.34. The summed E-state index contributed by atoms with van der Waals surface area (Å²) in [6.07, 6.45) is 3.23. The normalized spacial score (nSPS) is 20.8. The molecule has 0 saturated heterocycles. The first-order chi connectivity index (χ1) is 13.2. The molecule has 1 aliphatic rings. The molecule has 1 aromatic carbocycles. The van der Waals surface area contributed by atoms with Gasteiger partial charge in [0, 0.05) is 41.7 Å². The van der Waals surface area contributed by atoms with Crippen LogP contribution in [0, 0.1) is 25.2 Å². The third kappa shape index (κ3) is 4.26. The fourth-order valence-corrected chi connectivity index (χ4v) is 4.45. The Hall–Kier alpha value is -2.23. The summed E-state index contributed by atoms with van der Waals surface area (Å²) in [4.78, 5) is 33.5. The molecule has 0 amide bonds. The first-order valence-electron chi connectivity index (χ1n) is 10.4. The molecule has 28 heavy (non-hydrogen) atoms. The predicted molar refractivity (Wildman–Crippen MR) is 115 cm³/mol. The second kappa shape index (κ2) is 8.02. The van der Waals surface area contributed by atoms with Gasteiger partial charge < -0.3 is 4.98 Å². The van der Waals surface area contributed by atoms with Gasteiger partial charge in [-0.3, -0.25) is 14.6 Å². The fourth-order valence-electron chi connectivity index (χ4n) is 4.45. The highest BCUT2D eigenvalue weighted by Crippen LogP contribution is 2.35. The summed E-state index contributed by atoms with van der Waals surface area (Å²) >= 11 is 0. The van der Waals surface area contributed by atoms with Crippen molar-refractivity contribution in [3.8, 4) is 0 Å². The quantitative estimate of drug-likeness (QED) is 0.705. The Morgan fingerprint density at radius 3 is 2.71 bits per heavy atom. The number of H-pyrrole nitrogens is 1. The third-order valence-corrected chi connectivity index (χ3v) is 5.74. The van der Waals surface area contributed by atoms with E-state index in [4.69, 9.17) is 4.99 Å². The SMILES string of the molecule is CCCC(=O)[C@@H]1C(=O)CC(C)(C)CC1=NCCc1c(C)[nH]c2ccc(C)cc12. The molecule has 1 N–H and O–H groups in total. The highest BCUT2D eigenvalue weighted by Gasteiger charge is 2.41. The van der Waals surface area contributed by atoms with Crippen LogP contribution in [-0.4, -0.2) is 28.8 Å². The van der Waals surface area contributed by atoms with Crippen LogP contribution in [0.5, 0.6) is 0 Å². The number of benzene rings is 1. The number of ketones is 2. The van der Waals surface area contributed by atoms with E-state index in [0.717, 1.165) is 30.5 Å². The average molecular weight is 381 g/mol. The lowest BCUT2D eigenvalue weighted by Crippen LogP contribution is -2.42. The molecule has 1 heterocycles. The number of nitrogens with one attached hydrogen (secondary N) is 1. The molecule has 1 saturated carbocycles. The third-order valence-electron chi connectivity index (χ3n) is 5.74. The van der Waals surface area contributed by atoms with Gasteiger partial charge in [-0.05, 0) is 56.2 Å². The zero-order valence-corrected chi connectivity index (χ0v) is 17.8. The van der Waals surface area contributed by atoms with E-state index >= 15 is 0 Å². The number of fused-ring (bicyclic) bond motifs is 1. The largest absolute Gasteiger partial charge is 0.358 e. The molecule has 1 aromatic heterocycles. The summed E-state index contributed by atoms with van der Waals surface area (Å²) in [5, 5.41) is 1.25. The Labute approximate surface area is 167 Å². The van der Waals surface area contributed by atoms with Crippen molar-refractivity contribution in [1.29, 1.82) is 0 Å². The Morgan fingerprint density at radius 2 is 2.00 bits per heavy atom. The van der Waals surface area contributed by atoms with Crippen LogP contribution in [0.2, 0.25) is 0 Å². The molecule has 3 rings (SSSR count). The summed E-state index contributed by atoms with van der Waals surface area (Å²) in [7, 11) is 0. The number of carbonyl (C=O) groups is 2. The monoisotopic (exact) mass is 380 g/mol. The molecule has 0 radical (unpaired) electrons. The van der Waals surface area contributed by atoms with E-state index in [0.29, 0.717) is 19.4 Å². The summed E-state index contributed by atoms with van der Waals surface area (Å²) in [5.74, 6) is -0.521. The van der Waals surface area contributed by atoms with Gasteiger partial charge in [-0.1, -0.05) is 32.4 Å². The first-order valence-corrected chi connectivity index (χ1v) is 10.4. The number of rotatable bonds is 6. The minimum Gasteiger partial charge on any atom is -0.358 e. The van der Waals surface area contributed by atoms with E-state index in [9.17, 15) is 9.59 Å². The van der Waals surface area contributed by atoms with Gasteiger partial charge in [-0.2, -0.15) is 0 Å². The number of carbonyl (C=O) groups excluding carboxylic acids is 2. The van der Waals surface area contributed by atoms with Gasteiger partial charge in [0.2, 0.25) is 0 Å². The maximum absolute atomic E-state index is 12.7. The summed E-state index contributed by atoms with van der Waals surface area (Å²) in [5.41, 5.74) is 5.51. The van der Waals surface area contributed by atoms with Gasteiger partial charge in [0.25, 0.3) is 0 Å². The number of aromatic nitrogens is 1. The van der Waals surface area contributed by atoms with Crippen molar-refractivity contribution in [3.63, 3.8) is 0 Å². The lowest BCUT2D eigenvalue weighted by molar-refractivity contribution is -0.132. The van der Waals surface area contributed by atoms with Crippen LogP contribution < -0.4 is 0 Å². The minimum atomic E-state index is -0.612. The van der Waals surface area contributed by atoms with Crippen molar-refractivity contribution in [2.24, 2.45) is 16.3 Å². The van der Waals surface area contributed by atoms with E-state index in [2.05, 4.69) is 50.9 Å². The molecule has 0 unspecified atom stereocenters. The predicted octanol–water partition coefficient (Wildman–Crippen LogP) is 5.14. The van der Waals surface area contributed by atoms with Crippen LogP contribution in [0.3, 0.4) is 0 Å². The van der Waals surface area contributed by atoms with Gasteiger partial charge in [0.1, 0.15) is 17.5 Å². The molecule has 0 spiro atoms. The Bertz CT molecular complexity index is 933. The first kappa shape index (κ1) is 20.5. The van der Waals surface area contributed by atoms with E-state index in [1.165, 1.54) is 22.2 Å². The van der Waals surface area contributed by atoms with Crippen molar-refractivity contribution in [3.05, 3.63) is 35.0 Å². The Morgan fingerprint density at radius 1 is 1.25 bits per heavy atom. The molecule has 0 bridgehead atoms. The molecule has 4 nitrogen and oxygen atoms in total. The number of aliphatic imine (C=N–C) groups is 1. The minimum absolute atomic E-state index is 0.0423. The standard InChI is InChI=1S/C24H32N2O2/c1-6-7-21(27)23-20(13-24(4,5)14-22(23)28)25-11-10-17-16(3)26-19-9-8-15(2)12-18(17)19/h8-9,12,23,26H,6-7,10-11,13-14H2,1-5H3/t23-/m1/s1. The van der Waals surface area contributed by atoms with Crippen LogP contribution in [-0.2, 0) is 16.0 Å². The summed E-state index contributed by atoms with van der Waals surface area (Å²) in [6.45, 7) is 11.0. The maximum Gasteiger partial charge on any atom is 0.149 e. The number of aromatic amines is 1. The number of aryl methyl sites for hydroxylation is 2. The number of hydrogen-bond acceptors (Lipinski definition) is 3. The van der Waals surface area contributed by atoms with Gasteiger partial charge in [-0.25, -0.2) is 0 Å². The number of Topliss-reactive ketones (excluding diaryl/α,β-unsaturated/α-hetero) is 2. The molecule has 4 heteroatoms. The second-order valence-corrected chi connectivity index (χ2v) is 9.03. The van der Waals surface area contributed by atoms with Crippen LogP contribution in [0.1, 0.15) is 63.3 Å². The van der Waals surface area contributed by atoms with Crippen LogP contribution in [0.15, 0.2) is 23.2 Å². The molecule has 2 aromatic rings. The van der Waals surface area contributed by atoms with E-state index in [-0.39, 0.29) is 17.0 Å². The Kier molecular flexibility index (Phi) is 5.87. The van der Waals surface area contributed by atoms with E-state index in [1.807, 2.05) is 6.92 Å². The molecule has 1 fully saturated rings. The van der Waals surface area contributed by atoms with Gasteiger partial charge in [0.15, 0.2) is 0 Å². The lowest BCUT2D eigenvalue weighted by atomic mass is 9.69. The van der Waals surface area contributed by atoms with Crippen molar-refractivity contribution < 1.29 is 9.59 Å². The molecule has 0 aliphatic heterocycles. The van der Waals surface area contributed by atoms with E-state index in [1.54, 1.807) is 0 Å². The fraction of sp³-hybridized carbons (Fsp3) is 0.542. The topological polar surface area (TPSA) is 62.3 Å². The van der Waals surface area contributed by atoms with Crippen molar-refractivity contribution >= 4 is 28.2 Å². The molecule has 1 aliphatic carbocycles. The highest BCUT2D eigenvalue weighted by molar-refractivity contribution is 6.22. The molecular formula is C24H32N2O2. The van der Waals surface area contributed by atoms with Gasteiger partial charge in [-0.15, -0.1) is 0 Å². The molecule has 150 valence electrons. The van der Waals surface area contributed by atoms with E-state index < -0.39 is 5.92 Å². The molecular weight excluding hydrogens is 348 g/mol. The van der Waals surface area contributed by atoms with Gasteiger partial charge >= 0.3 is 0 Å². The Balaban J connectivity index is 1.84. The number of nitrogens with zero attached hydrogens (tertiary/aromatic N) is 1. The van der Waals surface area contributed by atoms with Gasteiger partial charge in [0.05, 0.1) is 0 Å². The smallest absolute Gasteiger partial charge is 0.149 e. The van der Waals surface area contributed by atoms with Crippen LogP contribution in [0.4, 0.5) is 0 Å². The number of hydrogen-bond donors (Lipinski definition) is 1. The van der Waals surface area contributed by atoms with Crippen molar-refractivity contribution in [2.45, 2.75) is 66.7 Å². The van der Waals surface area contributed by atoms with Crippen LogP contribution >= 0.6 is 0 Å². The molecule has 1 atom stereocenters. The zero-order chi connectivity index (χ0) is 20.5. The summed E-state index contributed by atoms with van der Waals surface area (Å²) < 4.78 is 0. The average Bonchev–Trinajstić information content (AvgIpc) is 2.89. The van der Waals surface area contributed by atoms with Crippen molar-refractivity contribution in [2.75, 3.05) is 6.54 Å².